The van der Waals surface area contributed by atoms with Crippen molar-refractivity contribution in [2.24, 2.45) is 0 Å². The van der Waals surface area contributed by atoms with Crippen LogP contribution in [-0.4, -0.2) is 50.3 Å². The number of para-hydroxylation sites is 1. The van der Waals surface area contributed by atoms with Crippen molar-refractivity contribution in [2.45, 2.75) is 19.1 Å². The van der Waals surface area contributed by atoms with Crippen LogP contribution in [0.15, 0.2) is 49.1 Å². The lowest BCUT2D eigenvalue weighted by atomic mass is 10.2. The van der Waals surface area contributed by atoms with Crippen LogP contribution in [0.2, 0.25) is 0 Å². The molecular weight excluding hydrogens is 318 g/mol. The van der Waals surface area contributed by atoms with Crippen molar-refractivity contribution in [3.8, 4) is 0 Å². The second kappa shape index (κ2) is 6.98. The third-order valence-electron chi connectivity index (χ3n) is 4.42. The van der Waals surface area contributed by atoms with Crippen LogP contribution in [0.3, 0.4) is 0 Å². The van der Waals surface area contributed by atoms with Gasteiger partial charge in [0.15, 0.2) is 0 Å². The summed E-state index contributed by atoms with van der Waals surface area (Å²) in [5.74, 6) is 0.108. The Hall–Kier alpha value is -2.80. The first-order valence-electron chi connectivity index (χ1n) is 8.37. The molecule has 7 nitrogen and oxygen atoms in total. The van der Waals surface area contributed by atoms with Crippen molar-refractivity contribution >= 4 is 16.8 Å². The van der Waals surface area contributed by atoms with E-state index in [1.54, 1.807) is 18.6 Å². The standard InChI is InChI=1S/C18H19N5O2/c24-18(5-8-23-16-4-2-1-3-14(16)11-21-23)22-9-10-25-17(13-22)15-12-19-6-7-20-15/h1-4,6-7,11-12,17H,5,8-10,13H2/t17-/m1/s1. The molecule has 0 unspecified atom stereocenters. The average Bonchev–Trinajstić information content (AvgIpc) is 3.10. The van der Waals surface area contributed by atoms with Crippen LogP contribution in [0.4, 0.5) is 0 Å². The minimum absolute atomic E-state index is 0.108. The maximum absolute atomic E-state index is 12.6. The van der Waals surface area contributed by atoms with Gasteiger partial charge < -0.3 is 9.64 Å². The molecule has 1 aliphatic rings. The Morgan fingerprint density at radius 2 is 2.16 bits per heavy atom. The molecule has 0 radical (unpaired) electrons. The van der Waals surface area contributed by atoms with Gasteiger partial charge in [0, 0.05) is 30.7 Å². The number of ether oxygens (including phenoxy) is 1. The van der Waals surface area contributed by atoms with E-state index < -0.39 is 0 Å². The molecule has 1 aliphatic heterocycles. The van der Waals surface area contributed by atoms with Crippen molar-refractivity contribution < 1.29 is 9.53 Å². The van der Waals surface area contributed by atoms with E-state index in [2.05, 4.69) is 15.1 Å². The fourth-order valence-electron chi connectivity index (χ4n) is 3.10. The van der Waals surface area contributed by atoms with E-state index in [-0.39, 0.29) is 12.0 Å². The summed E-state index contributed by atoms with van der Waals surface area (Å²) >= 11 is 0. The van der Waals surface area contributed by atoms with Gasteiger partial charge in [0.2, 0.25) is 5.91 Å². The highest BCUT2D eigenvalue weighted by Crippen LogP contribution is 2.20. The summed E-state index contributed by atoms with van der Waals surface area (Å²) in [6.07, 6.45) is 7.00. The number of nitrogens with zero attached hydrogens (tertiary/aromatic N) is 5. The van der Waals surface area contributed by atoms with E-state index in [9.17, 15) is 4.79 Å². The molecule has 7 heteroatoms. The number of aryl methyl sites for hydroxylation is 1. The maximum atomic E-state index is 12.6. The van der Waals surface area contributed by atoms with Gasteiger partial charge in [0.1, 0.15) is 6.10 Å². The Balaban J connectivity index is 1.39. The predicted molar refractivity (Wildman–Crippen MR) is 91.7 cm³/mol. The van der Waals surface area contributed by atoms with Crippen molar-refractivity contribution in [3.05, 3.63) is 54.7 Å². The topological polar surface area (TPSA) is 73.1 Å². The van der Waals surface area contributed by atoms with Crippen molar-refractivity contribution in [1.29, 1.82) is 0 Å². The number of aromatic nitrogens is 4. The van der Waals surface area contributed by atoms with Gasteiger partial charge in [0.05, 0.1) is 43.3 Å². The molecule has 1 saturated heterocycles. The van der Waals surface area contributed by atoms with Gasteiger partial charge in [-0.25, -0.2) is 0 Å². The van der Waals surface area contributed by atoms with Crippen molar-refractivity contribution in [1.82, 2.24) is 24.6 Å². The summed E-state index contributed by atoms with van der Waals surface area (Å²) in [6, 6.07) is 8.01. The number of morpholine rings is 1. The predicted octanol–water partition coefficient (Wildman–Crippen LogP) is 1.82. The largest absolute Gasteiger partial charge is 0.368 e. The number of hydrogen-bond acceptors (Lipinski definition) is 5. The molecule has 1 amide bonds. The first-order valence-corrected chi connectivity index (χ1v) is 8.37. The van der Waals surface area contributed by atoms with E-state index in [1.807, 2.05) is 40.0 Å². The normalized spacial score (nSPS) is 17.8. The summed E-state index contributed by atoms with van der Waals surface area (Å²) in [6.45, 7) is 2.20. The summed E-state index contributed by atoms with van der Waals surface area (Å²) in [5.41, 5.74) is 1.81. The Morgan fingerprint density at radius 3 is 3.04 bits per heavy atom. The zero-order valence-corrected chi connectivity index (χ0v) is 13.8. The van der Waals surface area contributed by atoms with Crippen LogP contribution in [0.5, 0.6) is 0 Å². The van der Waals surface area contributed by atoms with Crippen LogP contribution in [0.1, 0.15) is 18.2 Å². The Kier molecular flexibility index (Phi) is 4.39. The number of fused-ring (bicyclic) bond motifs is 1. The van der Waals surface area contributed by atoms with E-state index in [4.69, 9.17) is 4.74 Å². The molecule has 0 spiro atoms. The lowest BCUT2D eigenvalue weighted by Gasteiger charge is -2.32. The van der Waals surface area contributed by atoms with Gasteiger partial charge in [-0.05, 0) is 6.07 Å². The minimum atomic E-state index is -0.211. The first kappa shape index (κ1) is 15.7. The molecule has 25 heavy (non-hydrogen) atoms. The lowest BCUT2D eigenvalue weighted by molar-refractivity contribution is -0.139. The molecule has 1 aromatic carbocycles. The molecule has 3 heterocycles. The van der Waals surface area contributed by atoms with E-state index >= 15 is 0 Å². The molecule has 0 N–H and O–H groups in total. The molecular formula is C18H19N5O2. The van der Waals surface area contributed by atoms with Crippen LogP contribution in [0, 0.1) is 0 Å². The summed E-state index contributed by atoms with van der Waals surface area (Å²) in [5, 5.41) is 5.46. The van der Waals surface area contributed by atoms with Gasteiger partial charge in [-0.15, -0.1) is 0 Å². The van der Waals surface area contributed by atoms with Crippen molar-refractivity contribution in [3.63, 3.8) is 0 Å². The quantitative estimate of drug-likeness (QED) is 0.726. The fraction of sp³-hybridized carbons (Fsp3) is 0.333. The Labute approximate surface area is 145 Å². The van der Waals surface area contributed by atoms with Crippen LogP contribution in [-0.2, 0) is 16.1 Å². The fourth-order valence-corrected chi connectivity index (χ4v) is 3.10. The molecule has 0 saturated carbocycles. The molecule has 128 valence electrons. The van der Waals surface area contributed by atoms with E-state index in [1.165, 1.54) is 0 Å². The number of hydrogen-bond donors (Lipinski definition) is 0. The highest BCUT2D eigenvalue weighted by atomic mass is 16.5. The summed E-state index contributed by atoms with van der Waals surface area (Å²) in [4.78, 5) is 22.8. The van der Waals surface area contributed by atoms with Crippen LogP contribution in [0.25, 0.3) is 10.9 Å². The smallest absolute Gasteiger partial charge is 0.224 e. The third-order valence-corrected chi connectivity index (χ3v) is 4.42. The van der Waals surface area contributed by atoms with E-state index in [0.29, 0.717) is 32.7 Å². The molecule has 0 aliphatic carbocycles. The number of rotatable bonds is 4. The third kappa shape index (κ3) is 3.36. The number of amides is 1. The molecule has 1 atom stereocenters. The van der Waals surface area contributed by atoms with Gasteiger partial charge in [-0.2, -0.15) is 5.10 Å². The van der Waals surface area contributed by atoms with Gasteiger partial charge in [-0.3, -0.25) is 19.4 Å². The van der Waals surface area contributed by atoms with Crippen molar-refractivity contribution in [2.75, 3.05) is 19.7 Å². The molecule has 0 bridgehead atoms. The number of benzene rings is 1. The Bertz CT molecular complexity index is 864. The molecule has 3 aromatic rings. The van der Waals surface area contributed by atoms with Gasteiger partial charge >= 0.3 is 0 Å². The lowest BCUT2D eigenvalue weighted by Crippen LogP contribution is -2.42. The second-order valence-electron chi connectivity index (χ2n) is 6.01. The van der Waals surface area contributed by atoms with Crippen LogP contribution >= 0.6 is 0 Å². The summed E-state index contributed by atoms with van der Waals surface area (Å²) in [7, 11) is 0. The number of carbonyl (C=O) groups is 1. The summed E-state index contributed by atoms with van der Waals surface area (Å²) < 4.78 is 7.62. The first-order chi connectivity index (χ1) is 12.3. The zero-order chi connectivity index (χ0) is 17.1. The van der Waals surface area contributed by atoms with Gasteiger partial charge in [-0.1, -0.05) is 18.2 Å². The zero-order valence-electron chi connectivity index (χ0n) is 13.8. The monoisotopic (exact) mass is 337 g/mol. The van der Waals surface area contributed by atoms with Crippen LogP contribution < -0.4 is 0 Å². The number of carbonyl (C=O) groups excluding carboxylic acids is 1. The maximum Gasteiger partial charge on any atom is 0.224 e. The van der Waals surface area contributed by atoms with Gasteiger partial charge in [0.25, 0.3) is 0 Å². The van der Waals surface area contributed by atoms with E-state index in [0.717, 1.165) is 16.6 Å². The Morgan fingerprint density at radius 1 is 1.24 bits per heavy atom. The second-order valence-corrected chi connectivity index (χ2v) is 6.01. The highest BCUT2D eigenvalue weighted by molar-refractivity contribution is 5.79. The molecule has 2 aromatic heterocycles. The average molecular weight is 337 g/mol. The molecule has 1 fully saturated rings. The minimum Gasteiger partial charge on any atom is -0.368 e. The molecule has 4 rings (SSSR count). The highest BCUT2D eigenvalue weighted by Gasteiger charge is 2.26. The SMILES string of the molecule is O=C(CCn1ncc2ccccc21)N1CCO[C@@H](c2cnccn2)C1.